The predicted octanol–water partition coefficient (Wildman–Crippen LogP) is -0.863. The molecule has 0 aromatic rings. The molecule has 64 valence electrons. The minimum Gasteiger partial charge on any atom is -0.477 e. The van der Waals surface area contributed by atoms with Gasteiger partial charge in [-0.15, -0.1) is 0 Å². The third kappa shape index (κ3) is 1.26. The van der Waals surface area contributed by atoms with E-state index >= 15 is 0 Å². The van der Waals surface area contributed by atoms with Gasteiger partial charge >= 0.3 is 12.0 Å². The molecule has 0 unspecified atom stereocenters. The van der Waals surface area contributed by atoms with Gasteiger partial charge in [0.2, 0.25) is 5.91 Å². The van der Waals surface area contributed by atoms with Crippen LogP contribution in [0.4, 0.5) is 4.79 Å². The van der Waals surface area contributed by atoms with Gasteiger partial charge in [-0.3, -0.25) is 15.0 Å². The van der Waals surface area contributed by atoms with E-state index in [1.807, 2.05) is 5.32 Å². The minimum atomic E-state index is -1.32. The second-order valence-electron chi connectivity index (χ2n) is 2.19. The van der Waals surface area contributed by atoms with E-state index in [1.165, 1.54) is 0 Å². The molecule has 1 aliphatic heterocycles. The van der Waals surface area contributed by atoms with E-state index in [0.29, 0.717) is 0 Å². The molecule has 6 heteroatoms. The summed E-state index contributed by atoms with van der Waals surface area (Å²) in [6.07, 6.45) is 0. The third-order valence-corrected chi connectivity index (χ3v) is 1.37. The van der Waals surface area contributed by atoms with Crippen LogP contribution in [0, 0.1) is 0 Å². The van der Waals surface area contributed by atoms with E-state index in [1.54, 1.807) is 0 Å². The van der Waals surface area contributed by atoms with Gasteiger partial charge in [-0.05, 0) is 0 Å². The highest BCUT2D eigenvalue weighted by Gasteiger charge is 2.31. The standard InChI is InChI=1S/C6H6N2O4/c1-3(5(10)11)8-2-4(9)7-6(8)12/h1-2H2,(H,10,11)(H,7,9,12). The fraction of sp³-hybridized carbons (Fsp3) is 0.167. The van der Waals surface area contributed by atoms with Crippen molar-refractivity contribution < 1.29 is 19.5 Å². The van der Waals surface area contributed by atoms with Gasteiger partial charge in [0, 0.05) is 0 Å². The fourth-order valence-electron chi connectivity index (χ4n) is 0.775. The number of carboxylic acids is 1. The first kappa shape index (κ1) is 8.25. The molecular formula is C6H6N2O4. The van der Waals surface area contributed by atoms with Crippen molar-refractivity contribution in [2.45, 2.75) is 0 Å². The number of nitrogens with zero attached hydrogens (tertiary/aromatic N) is 1. The van der Waals surface area contributed by atoms with Crippen LogP contribution in [0.2, 0.25) is 0 Å². The lowest BCUT2D eigenvalue weighted by Gasteiger charge is -2.10. The first-order chi connectivity index (χ1) is 5.52. The van der Waals surface area contributed by atoms with E-state index in [-0.39, 0.29) is 6.54 Å². The van der Waals surface area contributed by atoms with Gasteiger partial charge in [0.25, 0.3) is 0 Å². The Hall–Kier alpha value is -1.85. The molecule has 0 spiro atoms. The second kappa shape index (κ2) is 2.65. The fourth-order valence-corrected chi connectivity index (χ4v) is 0.775. The molecule has 1 rings (SSSR count). The zero-order valence-electron chi connectivity index (χ0n) is 6.03. The van der Waals surface area contributed by atoms with Gasteiger partial charge in [-0.2, -0.15) is 0 Å². The number of carbonyl (C=O) groups excluding carboxylic acids is 2. The maximum absolute atomic E-state index is 10.8. The van der Waals surface area contributed by atoms with E-state index in [9.17, 15) is 14.4 Å². The van der Waals surface area contributed by atoms with Crippen LogP contribution >= 0.6 is 0 Å². The summed E-state index contributed by atoms with van der Waals surface area (Å²) in [6.45, 7) is 2.86. The first-order valence-electron chi connectivity index (χ1n) is 3.06. The topological polar surface area (TPSA) is 86.7 Å². The lowest BCUT2D eigenvalue weighted by molar-refractivity contribution is -0.133. The molecule has 6 nitrogen and oxygen atoms in total. The summed E-state index contributed by atoms with van der Waals surface area (Å²) in [4.78, 5) is 32.5. The summed E-state index contributed by atoms with van der Waals surface area (Å²) >= 11 is 0. The maximum Gasteiger partial charge on any atom is 0.352 e. The molecule has 3 amide bonds. The van der Waals surface area contributed by atoms with Crippen LogP contribution in [-0.4, -0.2) is 34.5 Å². The molecule has 0 saturated carbocycles. The third-order valence-electron chi connectivity index (χ3n) is 1.37. The van der Waals surface area contributed by atoms with E-state index in [2.05, 4.69) is 6.58 Å². The Morgan fingerprint density at radius 2 is 2.17 bits per heavy atom. The predicted molar refractivity (Wildman–Crippen MR) is 37.0 cm³/mol. The Kier molecular flexibility index (Phi) is 1.82. The van der Waals surface area contributed by atoms with Crippen LogP contribution in [0.15, 0.2) is 12.3 Å². The van der Waals surface area contributed by atoms with Crippen molar-refractivity contribution in [2.75, 3.05) is 6.54 Å². The number of urea groups is 1. The molecule has 1 fully saturated rings. The number of aliphatic carboxylic acids is 1. The van der Waals surface area contributed by atoms with E-state index in [0.717, 1.165) is 4.90 Å². The Balaban J connectivity index is 2.77. The molecule has 1 heterocycles. The summed E-state index contributed by atoms with van der Waals surface area (Å²) in [5.41, 5.74) is -0.404. The number of nitrogens with one attached hydrogen (secondary N) is 1. The van der Waals surface area contributed by atoms with E-state index in [4.69, 9.17) is 5.11 Å². The maximum atomic E-state index is 10.8. The zero-order valence-corrected chi connectivity index (χ0v) is 6.03. The van der Waals surface area contributed by atoms with Crippen LogP contribution in [0.1, 0.15) is 0 Å². The Labute approximate surface area is 67.5 Å². The van der Waals surface area contributed by atoms with Crippen molar-refractivity contribution >= 4 is 17.9 Å². The van der Waals surface area contributed by atoms with Crippen molar-refractivity contribution in [3.63, 3.8) is 0 Å². The van der Waals surface area contributed by atoms with Crippen LogP contribution < -0.4 is 5.32 Å². The van der Waals surface area contributed by atoms with Crippen molar-refractivity contribution in [3.8, 4) is 0 Å². The number of imide groups is 1. The smallest absolute Gasteiger partial charge is 0.352 e. The summed E-state index contributed by atoms with van der Waals surface area (Å²) in [6, 6.07) is -0.743. The summed E-state index contributed by atoms with van der Waals surface area (Å²) in [7, 11) is 0. The molecule has 12 heavy (non-hydrogen) atoms. The molecule has 0 aromatic carbocycles. The Morgan fingerprint density at radius 3 is 2.50 bits per heavy atom. The lowest BCUT2D eigenvalue weighted by Crippen LogP contribution is -2.30. The number of amides is 3. The molecule has 0 atom stereocenters. The van der Waals surface area contributed by atoms with Crippen molar-refractivity contribution in [2.24, 2.45) is 0 Å². The highest BCUT2D eigenvalue weighted by molar-refractivity contribution is 6.05. The summed E-state index contributed by atoms with van der Waals surface area (Å²) in [5.74, 6) is -1.85. The van der Waals surface area contributed by atoms with Gasteiger partial charge in [-0.1, -0.05) is 6.58 Å². The largest absolute Gasteiger partial charge is 0.477 e. The second-order valence-corrected chi connectivity index (χ2v) is 2.19. The highest BCUT2D eigenvalue weighted by Crippen LogP contribution is 2.06. The minimum absolute atomic E-state index is 0.274. The van der Waals surface area contributed by atoms with Gasteiger partial charge in [0.05, 0.1) is 0 Å². The monoisotopic (exact) mass is 170 g/mol. The Morgan fingerprint density at radius 1 is 1.58 bits per heavy atom. The van der Waals surface area contributed by atoms with Gasteiger partial charge in [-0.25, -0.2) is 9.59 Å². The summed E-state index contributed by atoms with van der Waals surface area (Å²) < 4.78 is 0. The van der Waals surface area contributed by atoms with Gasteiger partial charge < -0.3 is 5.11 Å². The van der Waals surface area contributed by atoms with Crippen molar-refractivity contribution in [1.29, 1.82) is 0 Å². The van der Waals surface area contributed by atoms with E-state index < -0.39 is 23.6 Å². The number of hydrogen-bond donors (Lipinski definition) is 2. The molecule has 0 bridgehead atoms. The normalized spacial score (nSPS) is 16.2. The molecule has 2 N–H and O–H groups in total. The molecule has 0 aliphatic carbocycles. The van der Waals surface area contributed by atoms with Crippen molar-refractivity contribution in [3.05, 3.63) is 12.3 Å². The molecular weight excluding hydrogens is 164 g/mol. The van der Waals surface area contributed by atoms with Gasteiger partial charge in [0.1, 0.15) is 12.2 Å². The zero-order chi connectivity index (χ0) is 9.30. The highest BCUT2D eigenvalue weighted by atomic mass is 16.4. The lowest BCUT2D eigenvalue weighted by atomic mass is 10.4. The number of rotatable bonds is 2. The molecule has 1 aliphatic rings. The average Bonchev–Trinajstić information content (AvgIpc) is 2.28. The van der Waals surface area contributed by atoms with Crippen LogP contribution in [0.5, 0.6) is 0 Å². The number of carbonyl (C=O) groups is 3. The first-order valence-corrected chi connectivity index (χ1v) is 3.06. The van der Waals surface area contributed by atoms with Crippen molar-refractivity contribution in [1.82, 2.24) is 10.2 Å². The molecule has 1 saturated heterocycles. The van der Waals surface area contributed by atoms with Crippen LogP contribution in [0.3, 0.4) is 0 Å². The Bertz CT molecular complexity index is 283. The number of carboxylic acid groups (broad SMARTS) is 1. The SMILES string of the molecule is C=C(C(=O)O)N1CC(=O)NC1=O. The van der Waals surface area contributed by atoms with Crippen LogP contribution in [-0.2, 0) is 9.59 Å². The average molecular weight is 170 g/mol. The molecule has 0 aromatic heterocycles. The number of hydrogen-bond acceptors (Lipinski definition) is 3. The molecule has 0 radical (unpaired) electrons. The summed E-state index contributed by atoms with van der Waals surface area (Å²) in [5, 5.41) is 10.3. The van der Waals surface area contributed by atoms with Gasteiger partial charge in [0.15, 0.2) is 0 Å². The quantitative estimate of drug-likeness (QED) is 0.417. The van der Waals surface area contributed by atoms with Crippen LogP contribution in [0.25, 0.3) is 0 Å².